The summed E-state index contributed by atoms with van der Waals surface area (Å²) in [7, 11) is 3.09. The summed E-state index contributed by atoms with van der Waals surface area (Å²) in [6.07, 6.45) is 2.99. The van der Waals surface area contributed by atoms with Crippen LogP contribution in [0, 0.1) is 0 Å². The lowest BCUT2D eigenvalue weighted by Gasteiger charge is -2.12. The van der Waals surface area contributed by atoms with E-state index < -0.39 is 0 Å². The average Bonchev–Trinajstić information content (AvgIpc) is 2.54. The van der Waals surface area contributed by atoms with Gasteiger partial charge in [0.15, 0.2) is 11.6 Å². The maximum absolute atomic E-state index is 8.79. The lowest BCUT2D eigenvalue weighted by Crippen LogP contribution is -2.14. The first-order valence-corrected chi connectivity index (χ1v) is 6.00. The van der Waals surface area contributed by atoms with E-state index in [1.807, 2.05) is 0 Å². The molecule has 0 aliphatic carbocycles. The van der Waals surface area contributed by atoms with E-state index in [-0.39, 0.29) is 5.84 Å². The van der Waals surface area contributed by atoms with Gasteiger partial charge in [-0.2, -0.15) is 0 Å². The number of nitrogens with zero attached hydrogens (tertiary/aromatic N) is 2. The fraction of sp³-hybridized carbons (Fsp3) is 0.143. The molecule has 0 aliphatic heterocycles. The van der Waals surface area contributed by atoms with Crippen molar-refractivity contribution in [1.82, 2.24) is 4.98 Å². The van der Waals surface area contributed by atoms with Crippen LogP contribution in [0.25, 0.3) is 0 Å². The van der Waals surface area contributed by atoms with Gasteiger partial charge in [-0.05, 0) is 6.07 Å². The van der Waals surface area contributed by atoms with Crippen LogP contribution in [0.5, 0.6) is 23.0 Å². The smallest absolute Gasteiger partial charge is 0.173 e. The largest absolute Gasteiger partial charge is 0.496 e. The summed E-state index contributed by atoms with van der Waals surface area (Å²) in [5.41, 5.74) is 6.03. The van der Waals surface area contributed by atoms with Crippen LogP contribution in [-0.2, 0) is 0 Å². The molecule has 7 heteroatoms. The molecule has 1 aromatic carbocycles. The van der Waals surface area contributed by atoms with Crippen molar-refractivity contribution in [3.8, 4) is 23.0 Å². The van der Waals surface area contributed by atoms with Gasteiger partial charge in [-0.25, -0.2) is 0 Å². The van der Waals surface area contributed by atoms with Crippen molar-refractivity contribution in [2.75, 3.05) is 14.2 Å². The minimum absolute atomic E-state index is 0.0674. The number of pyridine rings is 1. The summed E-state index contributed by atoms with van der Waals surface area (Å²) < 4.78 is 16.1. The molecule has 2 rings (SSSR count). The Kier molecular flexibility index (Phi) is 4.45. The van der Waals surface area contributed by atoms with Crippen molar-refractivity contribution in [2.45, 2.75) is 0 Å². The van der Waals surface area contributed by atoms with E-state index in [0.29, 0.717) is 28.6 Å². The molecule has 2 aromatic rings. The molecule has 0 atom stereocenters. The topological polar surface area (TPSA) is 99.2 Å². The summed E-state index contributed by atoms with van der Waals surface area (Å²) in [5, 5.41) is 11.8. The standard InChI is InChI=1S/C14H15N3O4/c1-19-9-5-10(20-2)7-11(6-9)21-13-8-16-4-3-12(13)14(15)17-18/h3-8,18H,1-2H3,(H2,15,17). The molecular formula is C14H15N3O4. The fourth-order valence-electron chi connectivity index (χ4n) is 1.69. The van der Waals surface area contributed by atoms with E-state index in [0.717, 1.165) is 0 Å². The Labute approximate surface area is 121 Å². The zero-order chi connectivity index (χ0) is 15.2. The maximum atomic E-state index is 8.79. The second kappa shape index (κ2) is 6.47. The highest BCUT2D eigenvalue weighted by Gasteiger charge is 2.11. The van der Waals surface area contributed by atoms with Crippen molar-refractivity contribution >= 4 is 5.84 Å². The Bertz CT molecular complexity index is 636. The van der Waals surface area contributed by atoms with Gasteiger partial charge in [0.25, 0.3) is 0 Å². The first kappa shape index (κ1) is 14.4. The maximum Gasteiger partial charge on any atom is 0.173 e. The first-order valence-electron chi connectivity index (χ1n) is 6.00. The van der Waals surface area contributed by atoms with E-state index in [9.17, 15) is 0 Å². The fourth-order valence-corrected chi connectivity index (χ4v) is 1.69. The summed E-state index contributed by atoms with van der Waals surface area (Å²) in [4.78, 5) is 3.96. The molecule has 7 nitrogen and oxygen atoms in total. The van der Waals surface area contributed by atoms with Gasteiger partial charge in [0.2, 0.25) is 0 Å². The summed E-state index contributed by atoms with van der Waals surface area (Å²) in [5.74, 6) is 1.92. The predicted octanol–water partition coefficient (Wildman–Crippen LogP) is 1.99. The number of nitrogens with two attached hydrogens (primary N) is 1. The van der Waals surface area contributed by atoms with Crippen LogP contribution in [0.1, 0.15) is 5.56 Å². The number of oxime groups is 1. The lowest BCUT2D eigenvalue weighted by molar-refractivity contribution is 0.318. The Morgan fingerprint density at radius 2 is 1.76 bits per heavy atom. The summed E-state index contributed by atoms with van der Waals surface area (Å²) in [6, 6.07) is 6.68. The van der Waals surface area contributed by atoms with Gasteiger partial charge in [0, 0.05) is 24.4 Å². The zero-order valence-electron chi connectivity index (χ0n) is 11.6. The highest BCUT2D eigenvalue weighted by atomic mass is 16.5. The molecular weight excluding hydrogens is 274 g/mol. The molecule has 0 aliphatic rings. The minimum Gasteiger partial charge on any atom is -0.496 e. The van der Waals surface area contributed by atoms with Gasteiger partial charge in [0.1, 0.15) is 17.2 Å². The van der Waals surface area contributed by atoms with Crippen molar-refractivity contribution < 1.29 is 19.4 Å². The molecule has 0 bridgehead atoms. The van der Waals surface area contributed by atoms with Crippen molar-refractivity contribution in [1.29, 1.82) is 0 Å². The van der Waals surface area contributed by atoms with Crippen molar-refractivity contribution in [3.05, 3.63) is 42.2 Å². The number of rotatable bonds is 5. The minimum atomic E-state index is -0.0674. The quantitative estimate of drug-likeness (QED) is 0.378. The highest BCUT2D eigenvalue weighted by Crippen LogP contribution is 2.31. The molecule has 1 heterocycles. The van der Waals surface area contributed by atoms with Gasteiger partial charge >= 0.3 is 0 Å². The molecule has 0 saturated carbocycles. The molecule has 110 valence electrons. The normalized spacial score (nSPS) is 11.0. The van der Waals surface area contributed by atoms with E-state index in [4.69, 9.17) is 25.2 Å². The molecule has 0 unspecified atom stereocenters. The number of hydrogen-bond donors (Lipinski definition) is 2. The van der Waals surface area contributed by atoms with E-state index in [1.165, 1.54) is 12.4 Å². The predicted molar refractivity (Wildman–Crippen MR) is 76.4 cm³/mol. The van der Waals surface area contributed by atoms with E-state index in [1.54, 1.807) is 38.5 Å². The van der Waals surface area contributed by atoms with Gasteiger partial charge in [-0.1, -0.05) is 5.16 Å². The third-order valence-corrected chi connectivity index (χ3v) is 2.72. The number of hydrogen-bond acceptors (Lipinski definition) is 6. The van der Waals surface area contributed by atoms with Crippen LogP contribution in [0.3, 0.4) is 0 Å². The molecule has 0 fully saturated rings. The lowest BCUT2D eigenvalue weighted by atomic mass is 10.2. The number of aromatic nitrogens is 1. The Morgan fingerprint density at radius 1 is 1.14 bits per heavy atom. The second-order valence-corrected chi connectivity index (χ2v) is 4.01. The molecule has 0 amide bonds. The summed E-state index contributed by atoms with van der Waals surface area (Å²) in [6.45, 7) is 0. The molecule has 3 N–H and O–H groups in total. The second-order valence-electron chi connectivity index (χ2n) is 4.01. The molecule has 0 radical (unpaired) electrons. The number of benzene rings is 1. The average molecular weight is 289 g/mol. The third-order valence-electron chi connectivity index (χ3n) is 2.72. The first-order chi connectivity index (χ1) is 10.2. The van der Waals surface area contributed by atoms with Crippen LogP contribution in [0.15, 0.2) is 41.8 Å². The Morgan fingerprint density at radius 3 is 2.33 bits per heavy atom. The van der Waals surface area contributed by atoms with Gasteiger partial charge < -0.3 is 25.2 Å². The van der Waals surface area contributed by atoms with Gasteiger partial charge in [-0.15, -0.1) is 0 Å². The van der Waals surface area contributed by atoms with E-state index in [2.05, 4.69) is 10.1 Å². The number of ether oxygens (including phenoxy) is 3. The Hall–Kier alpha value is -2.96. The monoisotopic (exact) mass is 289 g/mol. The van der Waals surface area contributed by atoms with Gasteiger partial charge in [0.05, 0.1) is 26.0 Å². The Balaban J connectivity index is 2.38. The molecule has 0 saturated heterocycles. The van der Waals surface area contributed by atoms with Gasteiger partial charge in [-0.3, -0.25) is 4.98 Å². The van der Waals surface area contributed by atoms with Crippen LogP contribution >= 0.6 is 0 Å². The van der Waals surface area contributed by atoms with Crippen LogP contribution in [0.4, 0.5) is 0 Å². The van der Waals surface area contributed by atoms with Crippen LogP contribution in [0.2, 0.25) is 0 Å². The number of methoxy groups -OCH3 is 2. The zero-order valence-corrected chi connectivity index (χ0v) is 11.6. The van der Waals surface area contributed by atoms with Crippen LogP contribution in [-0.4, -0.2) is 30.2 Å². The van der Waals surface area contributed by atoms with Crippen molar-refractivity contribution in [2.24, 2.45) is 10.9 Å². The van der Waals surface area contributed by atoms with Crippen molar-refractivity contribution in [3.63, 3.8) is 0 Å². The highest BCUT2D eigenvalue weighted by molar-refractivity contribution is 5.99. The molecule has 0 spiro atoms. The SMILES string of the molecule is COc1cc(OC)cc(Oc2cnccc2/C(N)=N/O)c1. The number of amidine groups is 1. The molecule has 21 heavy (non-hydrogen) atoms. The third kappa shape index (κ3) is 3.33. The summed E-state index contributed by atoms with van der Waals surface area (Å²) >= 11 is 0. The van der Waals surface area contributed by atoms with E-state index >= 15 is 0 Å². The molecule has 1 aromatic heterocycles. The van der Waals surface area contributed by atoms with Crippen LogP contribution < -0.4 is 19.9 Å².